The Labute approximate surface area is 180 Å². The van der Waals surface area contributed by atoms with Crippen LogP contribution in [-0.2, 0) is 4.79 Å². The Morgan fingerprint density at radius 2 is 2.00 bits per heavy atom. The molecule has 0 saturated heterocycles. The quantitative estimate of drug-likeness (QED) is 0.436. The largest absolute Gasteiger partial charge is 0.497 e. The van der Waals surface area contributed by atoms with Gasteiger partial charge in [-0.1, -0.05) is 11.8 Å². The molecule has 0 bridgehead atoms. The van der Waals surface area contributed by atoms with Gasteiger partial charge in [-0.3, -0.25) is 9.36 Å². The minimum Gasteiger partial charge on any atom is -0.497 e. The molecule has 12 heteroatoms. The number of ether oxygens (including phenoxy) is 1. The second-order valence-corrected chi connectivity index (χ2v) is 7.26. The lowest BCUT2D eigenvalue weighted by molar-refractivity contribution is -0.113. The highest BCUT2D eigenvalue weighted by Gasteiger charge is 2.14. The lowest BCUT2D eigenvalue weighted by Crippen LogP contribution is -2.15. The average molecular weight is 440 g/mol. The summed E-state index contributed by atoms with van der Waals surface area (Å²) in [5.74, 6) is 0.471. The molecule has 1 amide bonds. The van der Waals surface area contributed by atoms with Crippen LogP contribution in [0.25, 0.3) is 11.4 Å². The van der Waals surface area contributed by atoms with Crippen LogP contribution in [0.2, 0.25) is 0 Å². The molecule has 4 aromatic rings. The zero-order valence-electron chi connectivity index (χ0n) is 16.6. The Kier molecular flexibility index (Phi) is 5.89. The normalized spacial score (nSPS) is 10.8. The van der Waals surface area contributed by atoms with Crippen LogP contribution in [0, 0.1) is 12.7 Å². The Hall–Kier alpha value is -3.80. The van der Waals surface area contributed by atoms with E-state index in [-0.39, 0.29) is 17.3 Å². The standard InChI is InChI=1S/C19H17FN8O2S/c1-12-23-25-26-28(12)17-9-13(3-8-16(17)20)22-18(29)10-31-19-24-21-11-27(19)14-4-6-15(30-2)7-5-14/h3-9,11H,10H2,1-2H3,(H,22,29). The van der Waals surface area contributed by atoms with E-state index in [4.69, 9.17) is 4.74 Å². The third-order valence-corrected chi connectivity index (χ3v) is 5.23. The maximum absolute atomic E-state index is 14.2. The molecule has 0 unspecified atom stereocenters. The summed E-state index contributed by atoms with van der Waals surface area (Å²) in [7, 11) is 1.60. The van der Waals surface area contributed by atoms with Crippen LogP contribution in [0.4, 0.5) is 10.1 Å². The zero-order valence-corrected chi connectivity index (χ0v) is 17.4. The number of carbonyl (C=O) groups excluding carboxylic acids is 1. The maximum Gasteiger partial charge on any atom is 0.234 e. The van der Waals surface area contributed by atoms with Gasteiger partial charge in [0.25, 0.3) is 0 Å². The van der Waals surface area contributed by atoms with Crippen molar-refractivity contribution in [2.75, 3.05) is 18.2 Å². The molecule has 0 radical (unpaired) electrons. The summed E-state index contributed by atoms with van der Waals surface area (Å²) in [6, 6.07) is 11.6. The van der Waals surface area contributed by atoms with E-state index in [1.165, 1.54) is 34.6 Å². The van der Waals surface area contributed by atoms with E-state index in [2.05, 4.69) is 31.0 Å². The monoisotopic (exact) mass is 440 g/mol. The first-order valence-electron chi connectivity index (χ1n) is 9.07. The number of aryl methyl sites for hydroxylation is 1. The van der Waals surface area contributed by atoms with E-state index in [1.54, 1.807) is 24.9 Å². The van der Waals surface area contributed by atoms with Gasteiger partial charge in [0.05, 0.1) is 12.9 Å². The number of aromatic nitrogens is 7. The molecule has 0 atom stereocenters. The van der Waals surface area contributed by atoms with E-state index in [9.17, 15) is 9.18 Å². The number of amides is 1. The van der Waals surface area contributed by atoms with Crippen LogP contribution in [0.1, 0.15) is 5.82 Å². The molecule has 0 aliphatic heterocycles. The minimum absolute atomic E-state index is 0.0888. The van der Waals surface area contributed by atoms with Gasteiger partial charge in [0.15, 0.2) is 11.0 Å². The molecule has 0 aliphatic rings. The third-order valence-electron chi connectivity index (χ3n) is 4.28. The van der Waals surface area contributed by atoms with Crippen molar-refractivity contribution in [3.63, 3.8) is 0 Å². The van der Waals surface area contributed by atoms with Crippen LogP contribution in [0.5, 0.6) is 5.75 Å². The molecule has 0 aliphatic carbocycles. The number of methoxy groups -OCH3 is 1. The van der Waals surface area contributed by atoms with Crippen molar-refractivity contribution in [2.45, 2.75) is 12.1 Å². The topological polar surface area (TPSA) is 113 Å². The number of carbonyl (C=O) groups is 1. The number of nitrogens with one attached hydrogen (secondary N) is 1. The van der Waals surface area contributed by atoms with Gasteiger partial charge in [-0.05, 0) is 59.8 Å². The van der Waals surface area contributed by atoms with Crippen LogP contribution < -0.4 is 10.1 Å². The van der Waals surface area contributed by atoms with E-state index in [1.807, 2.05) is 24.3 Å². The predicted molar refractivity (Wildman–Crippen MR) is 111 cm³/mol. The molecule has 4 rings (SSSR count). The van der Waals surface area contributed by atoms with Crippen LogP contribution in [-0.4, -0.2) is 53.7 Å². The van der Waals surface area contributed by atoms with Crippen LogP contribution in [0.15, 0.2) is 53.9 Å². The number of hydrogen-bond donors (Lipinski definition) is 1. The SMILES string of the molecule is COc1ccc(-n2cnnc2SCC(=O)Nc2ccc(F)c(-n3nnnc3C)c2)cc1. The van der Waals surface area contributed by atoms with E-state index < -0.39 is 5.82 Å². The van der Waals surface area contributed by atoms with E-state index in [0.29, 0.717) is 16.7 Å². The average Bonchev–Trinajstić information content (AvgIpc) is 3.42. The second-order valence-electron chi connectivity index (χ2n) is 6.32. The van der Waals surface area contributed by atoms with Crippen LogP contribution >= 0.6 is 11.8 Å². The number of tetrazole rings is 1. The Balaban J connectivity index is 1.43. The highest BCUT2D eigenvalue weighted by atomic mass is 32.2. The fourth-order valence-corrected chi connectivity index (χ4v) is 3.51. The second kappa shape index (κ2) is 8.92. The molecular formula is C19H17FN8O2S. The van der Waals surface area contributed by atoms with Crippen LogP contribution in [0.3, 0.4) is 0 Å². The maximum atomic E-state index is 14.2. The van der Waals surface area contributed by atoms with Crippen molar-refractivity contribution >= 4 is 23.4 Å². The summed E-state index contributed by atoms with van der Waals surface area (Å²) in [4.78, 5) is 12.4. The first-order chi connectivity index (χ1) is 15.0. The molecule has 1 N–H and O–H groups in total. The van der Waals surface area contributed by atoms with Crippen molar-refractivity contribution < 1.29 is 13.9 Å². The number of nitrogens with zero attached hydrogens (tertiary/aromatic N) is 7. The van der Waals surface area contributed by atoms with Gasteiger partial charge in [-0.2, -0.15) is 4.68 Å². The Morgan fingerprint density at radius 3 is 2.71 bits per heavy atom. The summed E-state index contributed by atoms with van der Waals surface area (Å²) >= 11 is 1.23. The number of hydrogen-bond acceptors (Lipinski definition) is 8. The van der Waals surface area contributed by atoms with Gasteiger partial charge in [-0.25, -0.2) is 4.39 Å². The fraction of sp³-hybridized carbons (Fsp3) is 0.158. The fourth-order valence-electron chi connectivity index (χ4n) is 2.78. The molecule has 158 valence electrons. The number of halogens is 1. The Morgan fingerprint density at radius 1 is 1.19 bits per heavy atom. The molecule has 0 spiro atoms. The number of anilines is 1. The van der Waals surface area contributed by atoms with Gasteiger partial charge in [-0.15, -0.1) is 15.3 Å². The first kappa shape index (κ1) is 20.5. The molecule has 31 heavy (non-hydrogen) atoms. The molecule has 10 nitrogen and oxygen atoms in total. The van der Waals surface area contributed by atoms with Crippen molar-refractivity contribution in [3.8, 4) is 17.1 Å². The molecule has 0 fully saturated rings. The molecule has 2 aromatic carbocycles. The summed E-state index contributed by atoms with van der Waals surface area (Å²) in [6.07, 6.45) is 1.57. The highest BCUT2D eigenvalue weighted by Crippen LogP contribution is 2.23. The Bertz CT molecular complexity index is 1210. The number of benzene rings is 2. The summed E-state index contributed by atoms with van der Waals surface area (Å²) in [6.45, 7) is 1.65. The van der Waals surface area contributed by atoms with E-state index >= 15 is 0 Å². The van der Waals surface area contributed by atoms with Gasteiger partial charge >= 0.3 is 0 Å². The van der Waals surface area contributed by atoms with Gasteiger partial charge < -0.3 is 10.1 Å². The lowest BCUT2D eigenvalue weighted by atomic mass is 10.2. The molecule has 2 heterocycles. The van der Waals surface area contributed by atoms with Gasteiger partial charge in [0.2, 0.25) is 5.91 Å². The summed E-state index contributed by atoms with van der Waals surface area (Å²) < 4.78 is 22.4. The van der Waals surface area contributed by atoms with Crippen molar-refractivity contribution in [3.05, 3.63) is 60.4 Å². The molecule has 0 saturated carbocycles. The number of thioether (sulfide) groups is 1. The molecule has 2 aromatic heterocycles. The summed E-state index contributed by atoms with van der Waals surface area (Å²) in [5, 5.41) is 22.3. The van der Waals surface area contributed by atoms with Crippen molar-refractivity contribution in [1.82, 2.24) is 35.0 Å². The first-order valence-corrected chi connectivity index (χ1v) is 10.1. The summed E-state index contributed by atoms with van der Waals surface area (Å²) in [5.41, 5.74) is 1.41. The highest BCUT2D eigenvalue weighted by molar-refractivity contribution is 7.99. The predicted octanol–water partition coefficient (Wildman–Crippen LogP) is 2.43. The van der Waals surface area contributed by atoms with Gasteiger partial charge in [0.1, 0.15) is 23.6 Å². The number of rotatable bonds is 7. The van der Waals surface area contributed by atoms with Crippen molar-refractivity contribution in [2.24, 2.45) is 0 Å². The van der Waals surface area contributed by atoms with E-state index in [0.717, 1.165) is 11.4 Å². The third kappa shape index (κ3) is 4.53. The minimum atomic E-state index is -0.504. The van der Waals surface area contributed by atoms with Crippen molar-refractivity contribution in [1.29, 1.82) is 0 Å². The zero-order chi connectivity index (χ0) is 21.8. The smallest absolute Gasteiger partial charge is 0.234 e. The molecular weight excluding hydrogens is 423 g/mol. The van der Waals surface area contributed by atoms with Gasteiger partial charge in [0, 0.05) is 11.4 Å². The lowest BCUT2D eigenvalue weighted by Gasteiger charge is -2.09.